The third-order valence-corrected chi connectivity index (χ3v) is 11.9. The number of fused-ring (bicyclic) bond motifs is 9. The van der Waals surface area contributed by atoms with Crippen LogP contribution in [0.25, 0.3) is 82.3 Å². The third-order valence-electron chi connectivity index (χ3n) is 11.9. The van der Waals surface area contributed by atoms with Crippen molar-refractivity contribution >= 4 is 27.4 Å². The van der Waals surface area contributed by atoms with Crippen LogP contribution in [0.5, 0.6) is 0 Å². The van der Waals surface area contributed by atoms with E-state index in [1.807, 2.05) is 18.2 Å². The van der Waals surface area contributed by atoms with Gasteiger partial charge in [-0.1, -0.05) is 149 Å². The average Bonchev–Trinajstić information content (AvgIpc) is 3.56. The molecular formula is C50H36N2. The van der Waals surface area contributed by atoms with Crippen LogP contribution in [0.3, 0.4) is 0 Å². The van der Waals surface area contributed by atoms with Gasteiger partial charge in [-0.25, -0.2) is 9.83 Å². The average molecular weight is 665 g/mol. The minimum Gasteiger partial charge on any atom is -0.247 e. The van der Waals surface area contributed by atoms with E-state index in [-0.39, 0.29) is 10.8 Å². The third kappa shape index (κ3) is 4.20. The number of benzene rings is 7. The number of pyridine rings is 1. The number of aromatic nitrogens is 1. The van der Waals surface area contributed by atoms with Gasteiger partial charge in [0.1, 0.15) is 0 Å². The smallest absolute Gasteiger partial charge is 0.194 e. The Labute approximate surface area is 304 Å². The summed E-state index contributed by atoms with van der Waals surface area (Å²) in [7, 11) is 0. The highest BCUT2D eigenvalue weighted by atomic mass is 14.7. The van der Waals surface area contributed by atoms with Crippen molar-refractivity contribution in [2.75, 3.05) is 0 Å². The molecule has 8 aromatic rings. The van der Waals surface area contributed by atoms with E-state index in [0.717, 1.165) is 49.6 Å². The van der Waals surface area contributed by atoms with Crippen LogP contribution in [-0.2, 0) is 10.8 Å². The molecule has 0 atom stereocenters. The SMILES string of the molecule is [C-]#[N+]c1ccccc1-c1cc2c(-c3ccc4c(c3)C(C)(C)c3ccccc3-4)cc(-c3ccc4c(c3)C(C)(C)c3ccccc3-4)nc2c2ccccc12. The molecule has 0 N–H and O–H groups in total. The lowest BCUT2D eigenvalue weighted by Gasteiger charge is -2.23. The molecule has 0 unspecified atom stereocenters. The Kier molecular flexibility index (Phi) is 6.37. The fourth-order valence-electron chi connectivity index (χ4n) is 9.20. The molecule has 1 aromatic heterocycles. The van der Waals surface area contributed by atoms with Gasteiger partial charge in [0, 0.05) is 27.2 Å². The Morgan fingerprint density at radius 1 is 0.423 bits per heavy atom. The van der Waals surface area contributed by atoms with Crippen LogP contribution < -0.4 is 0 Å². The lowest BCUT2D eigenvalue weighted by Crippen LogP contribution is -2.15. The fourth-order valence-corrected chi connectivity index (χ4v) is 9.20. The zero-order chi connectivity index (χ0) is 35.4. The first-order valence-electron chi connectivity index (χ1n) is 18.1. The van der Waals surface area contributed by atoms with Crippen molar-refractivity contribution in [3.63, 3.8) is 0 Å². The first-order chi connectivity index (χ1) is 25.3. The minimum atomic E-state index is -0.124. The Bertz CT molecular complexity index is 2860. The van der Waals surface area contributed by atoms with Crippen LogP contribution in [0.4, 0.5) is 5.69 Å². The van der Waals surface area contributed by atoms with Gasteiger partial charge < -0.3 is 0 Å². The Morgan fingerprint density at radius 3 is 1.60 bits per heavy atom. The van der Waals surface area contributed by atoms with Crippen LogP contribution in [0.1, 0.15) is 49.9 Å². The van der Waals surface area contributed by atoms with E-state index in [1.54, 1.807) is 0 Å². The molecule has 0 radical (unpaired) electrons. The number of para-hydroxylation sites is 1. The Hall–Kier alpha value is -6.30. The maximum Gasteiger partial charge on any atom is 0.194 e. The molecule has 0 spiro atoms. The number of hydrogen-bond acceptors (Lipinski definition) is 1. The van der Waals surface area contributed by atoms with Crippen LogP contribution >= 0.6 is 0 Å². The Balaban J connectivity index is 1.27. The van der Waals surface area contributed by atoms with Crippen molar-refractivity contribution < 1.29 is 0 Å². The lowest BCUT2D eigenvalue weighted by atomic mass is 9.81. The van der Waals surface area contributed by atoms with E-state index < -0.39 is 0 Å². The predicted molar refractivity (Wildman–Crippen MR) is 217 cm³/mol. The second-order valence-corrected chi connectivity index (χ2v) is 15.4. The molecule has 0 bridgehead atoms. The highest BCUT2D eigenvalue weighted by Crippen LogP contribution is 2.52. The first-order valence-corrected chi connectivity index (χ1v) is 18.1. The molecule has 52 heavy (non-hydrogen) atoms. The molecule has 7 aromatic carbocycles. The van der Waals surface area contributed by atoms with Crippen LogP contribution in [-0.4, -0.2) is 4.98 Å². The zero-order valence-electron chi connectivity index (χ0n) is 29.8. The minimum absolute atomic E-state index is 0.111. The van der Waals surface area contributed by atoms with Crippen molar-refractivity contribution in [2.24, 2.45) is 0 Å². The molecule has 2 aliphatic carbocycles. The van der Waals surface area contributed by atoms with Gasteiger partial charge in [0.15, 0.2) is 5.69 Å². The van der Waals surface area contributed by atoms with E-state index in [2.05, 4.69) is 160 Å². The van der Waals surface area contributed by atoms with Crippen LogP contribution in [0, 0.1) is 6.57 Å². The van der Waals surface area contributed by atoms with Gasteiger partial charge >= 0.3 is 0 Å². The molecular weight excluding hydrogens is 629 g/mol. The Morgan fingerprint density at radius 2 is 0.942 bits per heavy atom. The molecule has 0 amide bonds. The summed E-state index contributed by atoms with van der Waals surface area (Å²) in [5.41, 5.74) is 18.4. The standard InChI is InChI=1S/C50H36N2/c1-49(2)42-19-11-8-15-33(42)35-24-22-30(26-44(35)49)39-29-47(31-23-25-36-34-16-9-12-20-43(34)50(3,4)45(36)27-31)52-48-38-18-7-6-14-32(38)40(28-41(39)48)37-17-10-13-21-46(37)51-5/h6-29H,1-4H3. The van der Waals surface area contributed by atoms with Crippen molar-refractivity contribution in [3.8, 4) is 55.8 Å². The molecule has 2 nitrogen and oxygen atoms in total. The summed E-state index contributed by atoms with van der Waals surface area (Å²) in [5, 5.41) is 3.26. The maximum absolute atomic E-state index is 8.00. The normalized spacial score (nSPS) is 14.4. The summed E-state index contributed by atoms with van der Waals surface area (Å²) in [6.45, 7) is 17.4. The quantitative estimate of drug-likeness (QED) is 0.136. The molecule has 10 rings (SSSR count). The van der Waals surface area contributed by atoms with E-state index >= 15 is 0 Å². The molecule has 2 heteroatoms. The van der Waals surface area contributed by atoms with Gasteiger partial charge in [-0.05, 0) is 96.4 Å². The fraction of sp³-hybridized carbons (Fsp3) is 0.120. The van der Waals surface area contributed by atoms with Gasteiger partial charge in [0.25, 0.3) is 0 Å². The highest BCUT2D eigenvalue weighted by Gasteiger charge is 2.37. The predicted octanol–water partition coefficient (Wildman–Crippen LogP) is 13.6. The van der Waals surface area contributed by atoms with Gasteiger partial charge in [-0.3, -0.25) is 0 Å². The monoisotopic (exact) mass is 664 g/mol. The summed E-state index contributed by atoms with van der Waals surface area (Å²) < 4.78 is 0. The molecule has 0 aliphatic heterocycles. The molecule has 0 saturated heterocycles. The van der Waals surface area contributed by atoms with Crippen molar-refractivity contribution in [1.82, 2.24) is 4.98 Å². The molecule has 0 saturated carbocycles. The van der Waals surface area contributed by atoms with Crippen molar-refractivity contribution in [1.29, 1.82) is 0 Å². The van der Waals surface area contributed by atoms with Crippen LogP contribution in [0.15, 0.2) is 146 Å². The van der Waals surface area contributed by atoms with Gasteiger partial charge in [-0.15, -0.1) is 0 Å². The maximum atomic E-state index is 8.00. The largest absolute Gasteiger partial charge is 0.247 e. The summed E-state index contributed by atoms with van der Waals surface area (Å²) in [4.78, 5) is 9.47. The summed E-state index contributed by atoms with van der Waals surface area (Å²) >= 11 is 0. The first kappa shape index (κ1) is 30.5. The second kappa shape index (κ2) is 10.8. The number of rotatable bonds is 3. The highest BCUT2D eigenvalue weighted by molar-refractivity contribution is 6.17. The topological polar surface area (TPSA) is 17.2 Å². The number of nitrogens with zero attached hydrogens (tertiary/aromatic N) is 2. The summed E-state index contributed by atoms with van der Waals surface area (Å²) in [6, 6.07) is 52.7. The molecule has 1 heterocycles. The summed E-state index contributed by atoms with van der Waals surface area (Å²) in [6.07, 6.45) is 0. The molecule has 2 aliphatic rings. The van der Waals surface area contributed by atoms with Crippen molar-refractivity contribution in [2.45, 2.75) is 38.5 Å². The van der Waals surface area contributed by atoms with Gasteiger partial charge in [0.05, 0.1) is 17.8 Å². The number of hydrogen-bond donors (Lipinski definition) is 0. The molecule has 0 fully saturated rings. The van der Waals surface area contributed by atoms with Crippen molar-refractivity contribution in [3.05, 3.63) is 179 Å². The lowest BCUT2D eigenvalue weighted by molar-refractivity contribution is 0.660. The zero-order valence-corrected chi connectivity index (χ0v) is 29.8. The second-order valence-electron chi connectivity index (χ2n) is 15.4. The van der Waals surface area contributed by atoms with E-state index in [0.29, 0.717) is 5.69 Å². The van der Waals surface area contributed by atoms with E-state index in [1.165, 1.54) is 50.1 Å². The van der Waals surface area contributed by atoms with Gasteiger partial charge in [0.2, 0.25) is 0 Å². The van der Waals surface area contributed by atoms with E-state index in [4.69, 9.17) is 11.6 Å². The summed E-state index contributed by atoms with van der Waals surface area (Å²) in [5.74, 6) is 0. The van der Waals surface area contributed by atoms with Crippen LogP contribution in [0.2, 0.25) is 0 Å². The van der Waals surface area contributed by atoms with Gasteiger partial charge in [-0.2, -0.15) is 0 Å². The molecule has 246 valence electrons. The van der Waals surface area contributed by atoms with E-state index in [9.17, 15) is 0 Å².